The summed E-state index contributed by atoms with van der Waals surface area (Å²) in [5, 5.41) is 4.96. The summed E-state index contributed by atoms with van der Waals surface area (Å²) in [5.41, 5.74) is 0.302. The van der Waals surface area contributed by atoms with Gasteiger partial charge in [0.1, 0.15) is 11.7 Å². The normalized spacial score (nSPS) is 17.6. The number of aromatic nitrogens is 1. The zero-order valence-corrected chi connectivity index (χ0v) is 12.7. The van der Waals surface area contributed by atoms with Crippen LogP contribution in [0.3, 0.4) is 0 Å². The highest BCUT2D eigenvalue weighted by Crippen LogP contribution is 2.18. The molecular weight excluding hydrogens is 294 g/mol. The maximum Gasteiger partial charge on any atom is 0.328 e. The van der Waals surface area contributed by atoms with Gasteiger partial charge in [-0.05, 0) is 19.8 Å². The minimum atomic E-state index is -0.541. The standard InChI is InChI=1S/C13H17N3O4S/c1-8-15-9(7-21-8)12(18)14-6-11(17)16-5-3-4-10(16)13(19)20-2/h7,10H,3-6H2,1-2H3,(H,14,18). The SMILES string of the molecule is COC(=O)C1CCCN1C(=O)CNC(=O)c1csc(C)n1. The Balaban J connectivity index is 1.89. The van der Waals surface area contributed by atoms with Crippen LogP contribution in [-0.4, -0.2) is 53.9 Å². The van der Waals surface area contributed by atoms with Gasteiger partial charge in [0.05, 0.1) is 18.7 Å². The zero-order chi connectivity index (χ0) is 15.4. The lowest BCUT2D eigenvalue weighted by molar-refractivity contribution is -0.150. The average Bonchev–Trinajstić information content (AvgIpc) is 3.12. The molecule has 1 aromatic rings. The van der Waals surface area contributed by atoms with Crippen molar-refractivity contribution in [3.63, 3.8) is 0 Å². The Morgan fingerprint density at radius 3 is 2.90 bits per heavy atom. The van der Waals surface area contributed by atoms with Gasteiger partial charge in [-0.25, -0.2) is 9.78 Å². The quantitative estimate of drug-likeness (QED) is 0.810. The second kappa shape index (κ2) is 6.66. The van der Waals surface area contributed by atoms with Gasteiger partial charge in [0, 0.05) is 11.9 Å². The van der Waals surface area contributed by atoms with Gasteiger partial charge in [0.15, 0.2) is 0 Å². The number of hydrogen-bond acceptors (Lipinski definition) is 6. The number of aryl methyl sites for hydroxylation is 1. The molecule has 1 aliphatic rings. The number of amides is 2. The molecule has 1 aromatic heterocycles. The van der Waals surface area contributed by atoms with E-state index in [0.717, 1.165) is 11.4 Å². The van der Waals surface area contributed by atoms with E-state index in [1.54, 1.807) is 12.3 Å². The number of hydrogen-bond donors (Lipinski definition) is 1. The Kier molecular flexibility index (Phi) is 4.89. The molecule has 0 aliphatic carbocycles. The molecule has 1 saturated heterocycles. The molecule has 21 heavy (non-hydrogen) atoms. The lowest BCUT2D eigenvalue weighted by Gasteiger charge is -2.22. The first-order valence-corrected chi connectivity index (χ1v) is 7.48. The van der Waals surface area contributed by atoms with Crippen LogP contribution in [0.25, 0.3) is 0 Å². The molecule has 1 atom stereocenters. The summed E-state index contributed by atoms with van der Waals surface area (Å²) in [6.45, 7) is 2.16. The van der Waals surface area contributed by atoms with Crippen LogP contribution in [0.2, 0.25) is 0 Å². The van der Waals surface area contributed by atoms with E-state index < -0.39 is 12.0 Å². The number of carbonyl (C=O) groups is 3. The topological polar surface area (TPSA) is 88.6 Å². The Hall–Kier alpha value is -1.96. The van der Waals surface area contributed by atoms with Crippen molar-refractivity contribution < 1.29 is 19.1 Å². The summed E-state index contributed by atoms with van der Waals surface area (Å²) in [7, 11) is 1.30. The zero-order valence-electron chi connectivity index (χ0n) is 11.9. The molecule has 1 aliphatic heterocycles. The molecule has 7 nitrogen and oxygen atoms in total. The second-order valence-electron chi connectivity index (χ2n) is 4.70. The molecule has 0 aromatic carbocycles. The minimum Gasteiger partial charge on any atom is -0.467 e. The lowest BCUT2D eigenvalue weighted by atomic mass is 10.2. The smallest absolute Gasteiger partial charge is 0.328 e. The molecule has 1 fully saturated rings. The van der Waals surface area contributed by atoms with Crippen molar-refractivity contribution in [3.8, 4) is 0 Å². The molecule has 0 saturated carbocycles. The van der Waals surface area contributed by atoms with E-state index in [-0.39, 0.29) is 18.4 Å². The number of rotatable bonds is 4. The van der Waals surface area contributed by atoms with E-state index >= 15 is 0 Å². The third kappa shape index (κ3) is 3.57. The third-order valence-corrected chi connectivity index (χ3v) is 4.07. The fraction of sp³-hybridized carbons (Fsp3) is 0.538. The fourth-order valence-corrected chi connectivity index (χ4v) is 2.85. The van der Waals surface area contributed by atoms with Crippen LogP contribution in [0, 0.1) is 6.92 Å². The first-order valence-electron chi connectivity index (χ1n) is 6.60. The number of ether oxygens (including phenoxy) is 1. The van der Waals surface area contributed by atoms with Crippen molar-refractivity contribution in [2.24, 2.45) is 0 Å². The molecule has 114 valence electrons. The number of nitrogens with one attached hydrogen (secondary N) is 1. The Morgan fingerprint density at radius 2 is 2.29 bits per heavy atom. The minimum absolute atomic E-state index is 0.150. The molecular formula is C13H17N3O4S. The van der Waals surface area contributed by atoms with Crippen LogP contribution in [-0.2, 0) is 14.3 Å². The largest absolute Gasteiger partial charge is 0.467 e. The van der Waals surface area contributed by atoms with Crippen LogP contribution >= 0.6 is 11.3 Å². The first kappa shape index (κ1) is 15.4. The summed E-state index contributed by atoms with van der Waals surface area (Å²) in [6, 6.07) is -0.541. The lowest BCUT2D eigenvalue weighted by Crippen LogP contribution is -2.45. The summed E-state index contributed by atoms with van der Waals surface area (Å²) < 4.78 is 4.68. The molecule has 2 rings (SSSR count). The van der Waals surface area contributed by atoms with Crippen LogP contribution in [0.4, 0.5) is 0 Å². The summed E-state index contributed by atoms with van der Waals surface area (Å²) in [4.78, 5) is 41.0. The van der Waals surface area contributed by atoms with Crippen molar-refractivity contribution in [2.45, 2.75) is 25.8 Å². The van der Waals surface area contributed by atoms with Gasteiger partial charge in [0.2, 0.25) is 5.91 Å². The van der Waals surface area contributed by atoms with E-state index in [1.165, 1.54) is 23.3 Å². The van der Waals surface area contributed by atoms with Gasteiger partial charge >= 0.3 is 5.97 Å². The molecule has 2 amide bonds. The van der Waals surface area contributed by atoms with Crippen LogP contribution < -0.4 is 5.32 Å². The molecule has 0 radical (unpaired) electrons. The van der Waals surface area contributed by atoms with Gasteiger partial charge in [-0.15, -0.1) is 11.3 Å². The van der Waals surface area contributed by atoms with E-state index in [0.29, 0.717) is 18.7 Å². The Morgan fingerprint density at radius 1 is 1.52 bits per heavy atom. The summed E-state index contributed by atoms with van der Waals surface area (Å²) >= 11 is 1.37. The van der Waals surface area contributed by atoms with E-state index in [1.807, 2.05) is 0 Å². The van der Waals surface area contributed by atoms with Crippen molar-refractivity contribution in [2.75, 3.05) is 20.2 Å². The van der Waals surface area contributed by atoms with Crippen LogP contribution in [0.15, 0.2) is 5.38 Å². The Bertz CT molecular complexity index is 557. The predicted octanol–water partition coefficient (Wildman–Crippen LogP) is 0.345. The molecule has 0 bridgehead atoms. The van der Waals surface area contributed by atoms with Gasteiger partial charge in [-0.2, -0.15) is 0 Å². The van der Waals surface area contributed by atoms with E-state index in [2.05, 4.69) is 15.0 Å². The molecule has 8 heteroatoms. The van der Waals surface area contributed by atoms with Crippen molar-refractivity contribution in [3.05, 3.63) is 16.1 Å². The number of methoxy groups -OCH3 is 1. The average molecular weight is 311 g/mol. The van der Waals surface area contributed by atoms with E-state index in [4.69, 9.17) is 0 Å². The first-order chi connectivity index (χ1) is 10.0. The highest BCUT2D eigenvalue weighted by molar-refractivity contribution is 7.09. The summed E-state index contributed by atoms with van der Waals surface area (Å²) in [5.74, 6) is -1.09. The second-order valence-corrected chi connectivity index (χ2v) is 5.76. The fourth-order valence-electron chi connectivity index (χ4n) is 2.26. The Labute approximate surface area is 126 Å². The number of likely N-dealkylation sites (tertiary alicyclic amines) is 1. The van der Waals surface area contributed by atoms with Crippen LogP contribution in [0.5, 0.6) is 0 Å². The highest BCUT2D eigenvalue weighted by atomic mass is 32.1. The van der Waals surface area contributed by atoms with E-state index in [9.17, 15) is 14.4 Å². The molecule has 0 spiro atoms. The molecule has 1 N–H and O–H groups in total. The van der Waals surface area contributed by atoms with Crippen LogP contribution in [0.1, 0.15) is 28.3 Å². The van der Waals surface area contributed by atoms with Gasteiger partial charge < -0.3 is 15.0 Å². The van der Waals surface area contributed by atoms with Crippen molar-refractivity contribution >= 4 is 29.1 Å². The number of esters is 1. The monoisotopic (exact) mass is 311 g/mol. The molecule has 2 heterocycles. The number of thiazole rings is 1. The van der Waals surface area contributed by atoms with Crippen molar-refractivity contribution in [1.29, 1.82) is 0 Å². The highest BCUT2D eigenvalue weighted by Gasteiger charge is 2.34. The maximum atomic E-state index is 12.1. The maximum absolute atomic E-state index is 12.1. The van der Waals surface area contributed by atoms with Gasteiger partial charge in [-0.3, -0.25) is 9.59 Å². The van der Waals surface area contributed by atoms with Gasteiger partial charge in [-0.1, -0.05) is 0 Å². The van der Waals surface area contributed by atoms with Gasteiger partial charge in [0.25, 0.3) is 5.91 Å². The third-order valence-electron chi connectivity index (χ3n) is 3.30. The molecule has 1 unspecified atom stereocenters. The number of nitrogens with zero attached hydrogens (tertiary/aromatic N) is 2. The summed E-state index contributed by atoms with van der Waals surface area (Å²) in [6.07, 6.45) is 1.35. The van der Waals surface area contributed by atoms with Crippen molar-refractivity contribution in [1.82, 2.24) is 15.2 Å². The predicted molar refractivity (Wildman–Crippen MR) is 75.9 cm³/mol. The number of carbonyl (C=O) groups excluding carboxylic acids is 3.